The van der Waals surface area contributed by atoms with Crippen molar-refractivity contribution in [3.63, 3.8) is 0 Å². The van der Waals surface area contributed by atoms with Gasteiger partial charge in [0.2, 0.25) is 0 Å². The van der Waals surface area contributed by atoms with Gasteiger partial charge in [-0.15, -0.1) is 0 Å². The maximum Gasteiger partial charge on any atom is 2.00 e. The molecule has 0 unspecified atom stereocenters. The summed E-state index contributed by atoms with van der Waals surface area (Å²) in [4.78, 5) is 1.67. The average molecular weight is 396 g/mol. The Labute approximate surface area is 157 Å². The van der Waals surface area contributed by atoms with Gasteiger partial charge in [0, 0.05) is 23.4 Å². The Morgan fingerprint density at radius 1 is 0.826 bits per heavy atom. The van der Waals surface area contributed by atoms with Gasteiger partial charge in [0.05, 0.1) is 0 Å². The van der Waals surface area contributed by atoms with Gasteiger partial charge in [0.25, 0.3) is 0 Å². The summed E-state index contributed by atoms with van der Waals surface area (Å²) in [5.41, 5.74) is 6.47. The van der Waals surface area contributed by atoms with E-state index in [1.165, 1.54) is 0 Å². The van der Waals surface area contributed by atoms with Crippen LogP contribution >= 0.6 is 24.4 Å². The molecule has 0 saturated heterocycles. The van der Waals surface area contributed by atoms with E-state index in [9.17, 15) is 5.11 Å². The Bertz CT molecular complexity index is 552. The molecule has 2 rings (SSSR count). The van der Waals surface area contributed by atoms with E-state index in [2.05, 4.69) is 18.0 Å². The van der Waals surface area contributed by atoms with Crippen molar-refractivity contribution in [2.75, 3.05) is 0 Å². The van der Waals surface area contributed by atoms with Gasteiger partial charge in [0.15, 0.2) is 0 Å². The molecule has 2 aromatic rings. The van der Waals surface area contributed by atoms with Crippen molar-refractivity contribution < 1.29 is 27.3 Å². The van der Waals surface area contributed by atoms with Crippen molar-refractivity contribution >= 4 is 34.8 Å². The predicted octanol–water partition coefficient (Wildman–Crippen LogP) is 0.922. The molecule has 0 heterocycles. The Hall–Kier alpha value is -1.66. The van der Waals surface area contributed by atoms with E-state index in [1.807, 2.05) is 60.7 Å². The molecule has 0 aliphatic heterocycles. The van der Waals surface area contributed by atoms with Crippen molar-refractivity contribution in [2.45, 2.75) is 13.1 Å². The van der Waals surface area contributed by atoms with Crippen LogP contribution in [0.2, 0.25) is 0 Å². The molecule has 23 heavy (non-hydrogen) atoms. The fourth-order valence-electron chi connectivity index (χ4n) is 1.79. The van der Waals surface area contributed by atoms with Gasteiger partial charge in [-0.2, -0.15) is 0 Å². The van der Waals surface area contributed by atoms with Gasteiger partial charge in [-0.1, -0.05) is 85.1 Å². The summed E-state index contributed by atoms with van der Waals surface area (Å²) >= 11 is 8.54. The Kier molecular flexibility index (Phi) is 11.0. The van der Waals surface area contributed by atoms with E-state index in [0.29, 0.717) is 13.1 Å². The van der Waals surface area contributed by atoms with Crippen LogP contribution in [0.15, 0.2) is 60.7 Å². The first-order valence-corrected chi connectivity index (χ1v) is 7.31. The quantitative estimate of drug-likeness (QED) is 0.613. The average Bonchev–Trinajstić information content (AvgIpc) is 2.48. The van der Waals surface area contributed by atoms with Gasteiger partial charge in [-0.25, -0.2) is 0 Å². The first-order chi connectivity index (χ1) is 10.5. The summed E-state index contributed by atoms with van der Waals surface area (Å²) in [7, 11) is 0. The SMILES string of the molecule is NC([O-])=S.[Cu+2].[O-]C(=S)N(Cc1ccccc1)Cc1ccccc1. The maximum absolute atomic E-state index is 11.5. The van der Waals surface area contributed by atoms with Crippen LogP contribution in [0.1, 0.15) is 11.1 Å². The van der Waals surface area contributed by atoms with E-state index < -0.39 is 5.17 Å². The van der Waals surface area contributed by atoms with Crippen molar-refractivity contribution in [3.05, 3.63) is 71.8 Å². The monoisotopic (exact) mass is 395 g/mol. The maximum atomic E-state index is 11.5. The molecule has 0 saturated carbocycles. The molecule has 1 radical (unpaired) electrons. The molecular weight excluding hydrogens is 380 g/mol. The molecule has 0 aliphatic rings. The molecule has 2 aromatic carbocycles. The van der Waals surface area contributed by atoms with Crippen LogP contribution in [0.3, 0.4) is 0 Å². The zero-order chi connectivity index (χ0) is 16.4. The molecule has 4 nitrogen and oxygen atoms in total. The van der Waals surface area contributed by atoms with Crippen molar-refractivity contribution in [2.24, 2.45) is 5.73 Å². The molecule has 125 valence electrons. The summed E-state index contributed by atoms with van der Waals surface area (Å²) < 4.78 is 0. The number of benzene rings is 2. The zero-order valence-corrected chi connectivity index (χ0v) is 14.7. The first kappa shape index (κ1) is 21.3. The standard InChI is InChI=1S/C15H15NOS.CH3NOS.Cu/c17-15(18)16(11-13-7-3-1-4-8-13)12-14-9-5-2-6-10-14;2-1(3)4;/h1-10H,11-12H2,(H,17,18);(H3,2,3,4);/q;;+2/p-2. The zero-order valence-electron chi connectivity index (χ0n) is 12.1. The molecule has 0 aromatic heterocycles. The number of nitrogens with two attached hydrogens (primary N) is 1. The second-order valence-corrected chi connectivity index (χ2v) is 5.16. The molecule has 0 amide bonds. The minimum atomic E-state index is -0.750. The number of nitrogens with zero attached hydrogens (tertiary/aromatic N) is 1. The fraction of sp³-hybridized carbons (Fsp3) is 0.125. The number of hydrogen-bond acceptors (Lipinski definition) is 4. The van der Waals surface area contributed by atoms with Gasteiger partial charge < -0.3 is 20.8 Å². The van der Waals surface area contributed by atoms with E-state index >= 15 is 0 Å². The first-order valence-electron chi connectivity index (χ1n) is 6.49. The van der Waals surface area contributed by atoms with E-state index in [-0.39, 0.29) is 22.2 Å². The van der Waals surface area contributed by atoms with Crippen LogP contribution in [-0.4, -0.2) is 15.2 Å². The Morgan fingerprint density at radius 3 is 1.39 bits per heavy atom. The van der Waals surface area contributed by atoms with E-state index in [4.69, 9.17) is 17.3 Å². The number of hydrogen-bond donors (Lipinski definition) is 1. The van der Waals surface area contributed by atoms with Crippen molar-refractivity contribution in [3.8, 4) is 0 Å². The third-order valence-electron chi connectivity index (χ3n) is 2.69. The van der Waals surface area contributed by atoms with Gasteiger partial charge >= 0.3 is 17.1 Å². The van der Waals surface area contributed by atoms with Gasteiger partial charge in [-0.05, 0) is 11.1 Å². The Morgan fingerprint density at radius 2 is 1.13 bits per heavy atom. The minimum Gasteiger partial charge on any atom is -0.852 e. The molecule has 0 spiro atoms. The predicted molar refractivity (Wildman–Crippen MR) is 91.5 cm³/mol. The summed E-state index contributed by atoms with van der Waals surface area (Å²) in [5, 5.41) is 19.5. The van der Waals surface area contributed by atoms with E-state index in [1.54, 1.807) is 4.90 Å². The van der Waals surface area contributed by atoms with Crippen molar-refractivity contribution in [1.82, 2.24) is 4.90 Å². The topological polar surface area (TPSA) is 75.4 Å². The van der Waals surface area contributed by atoms with Crippen LogP contribution < -0.4 is 15.9 Å². The minimum absolute atomic E-state index is 0. The third-order valence-corrected chi connectivity index (χ3v) is 2.95. The largest absolute Gasteiger partial charge is 2.00 e. The van der Waals surface area contributed by atoms with Crippen molar-refractivity contribution in [1.29, 1.82) is 0 Å². The van der Waals surface area contributed by atoms with Gasteiger partial charge in [0.1, 0.15) is 0 Å². The van der Waals surface area contributed by atoms with Crippen LogP contribution in [0, 0.1) is 0 Å². The molecular formula is C16H16CuN2O2S2. The van der Waals surface area contributed by atoms with Gasteiger partial charge in [-0.3, -0.25) is 0 Å². The summed E-state index contributed by atoms with van der Waals surface area (Å²) in [6, 6.07) is 19.8. The molecule has 7 heteroatoms. The van der Waals surface area contributed by atoms with Crippen LogP contribution in [0.5, 0.6) is 0 Å². The normalized spacial score (nSPS) is 8.87. The fourth-order valence-corrected chi connectivity index (χ4v) is 1.92. The summed E-state index contributed by atoms with van der Waals surface area (Å²) in [5.74, 6) is 0. The smallest absolute Gasteiger partial charge is 0.852 e. The number of thiocarbonyl (C=S) groups is 2. The van der Waals surface area contributed by atoms with Crippen LogP contribution in [-0.2, 0) is 30.2 Å². The second-order valence-electron chi connectivity index (χ2n) is 4.41. The second kappa shape index (κ2) is 11.8. The number of rotatable bonds is 4. The van der Waals surface area contributed by atoms with Crippen LogP contribution in [0.25, 0.3) is 0 Å². The molecule has 2 N–H and O–H groups in total. The van der Waals surface area contributed by atoms with Crippen LogP contribution in [0.4, 0.5) is 0 Å². The Balaban J connectivity index is 0.000000871. The summed E-state index contributed by atoms with van der Waals surface area (Å²) in [6.45, 7) is 1.11. The summed E-state index contributed by atoms with van der Waals surface area (Å²) in [6.07, 6.45) is 0. The molecule has 0 bridgehead atoms. The molecule has 0 fully saturated rings. The van der Waals surface area contributed by atoms with E-state index in [0.717, 1.165) is 11.1 Å². The molecule has 0 aliphatic carbocycles. The molecule has 0 atom stereocenters. The third kappa shape index (κ3) is 9.86.